The summed E-state index contributed by atoms with van der Waals surface area (Å²) >= 11 is 0. The van der Waals surface area contributed by atoms with Crippen molar-refractivity contribution in [3.8, 4) is 0 Å². The van der Waals surface area contributed by atoms with Gasteiger partial charge in [0.2, 0.25) is 6.29 Å². The second-order valence-corrected chi connectivity index (χ2v) is 16.8. The van der Waals surface area contributed by atoms with E-state index in [4.69, 9.17) is 47.5 Å². The van der Waals surface area contributed by atoms with Crippen molar-refractivity contribution < 1.29 is 85.2 Å². The standard InChI is InChI=1S/C30H44N6O18P2/c1-14(37)46-10-19(48-15(2)38)24-25(49-16(3)39)23(42)26(50-17(4)40)30(52-24)53-56(44,45)54-55(5,43)47-11-18-22(41)21(35-8-6-7-9-35)29(51-18)36-13-34-20-27(31)32-12-33-28(20)36/h12-13,18-19,21-26,29-30,41-42H,6-11H2,1-5H3,(H,44,45)(H2,31,32,33)/t18-,19+,21-,22-,23?,24?,25?,26?,29-,30?,55?/m1/s1. The highest BCUT2D eigenvalue weighted by Crippen LogP contribution is 2.62. The fraction of sp³-hybridized carbons (Fsp3) is 0.700. The van der Waals surface area contributed by atoms with Crippen LogP contribution in [0.25, 0.3) is 11.2 Å². The molecule has 0 aliphatic carbocycles. The first kappa shape index (κ1) is 43.5. The predicted octanol–water partition coefficient (Wildman–Crippen LogP) is -0.452. The Morgan fingerprint density at radius 1 is 0.946 bits per heavy atom. The first-order valence-electron chi connectivity index (χ1n) is 17.2. The first-order chi connectivity index (χ1) is 26.3. The number of nitrogens with two attached hydrogens (primary N) is 1. The number of anilines is 1. The van der Waals surface area contributed by atoms with Gasteiger partial charge in [-0.3, -0.25) is 37.7 Å². The smallest absolute Gasteiger partial charge is 0.462 e. The third-order valence-electron chi connectivity index (χ3n) is 8.82. The zero-order valence-corrected chi connectivity index (χ0v) is 32.6. The molecule has 3 aliphatic rings. The van der Waals surface area contributed by atoms with Crippen LogP contribution in [0.4, 0.5) is 5.82 Å². The third kappa shape index (κ3) is 10.4. The van der Waals surface area contributed by atoms with E-state index in [0.717, 1.165) is 47.2 Å². The van der Waals surface area contributed by atoms with Crippen LogP contribution in [0.5, 0.6) is 0 Å². The lowest BCUT2D eigenvalue weighted by atomic mass is 9.95. The molecule has 0 amide bonds. The lowest BCUT2D eigenvalue weighted by Crippen LogP contribution is -2.64. The molecule has 2 aromatic rings. The molecule has 5 rings (SSSR count). The van der Waals surface area contributed by atoms with E-state index in [1.54, 1.807) is 4.57 Å². The van der Waals surface area contributed by atoms with E-state index in [-0.39, 0.29) is 5.82 Å². The van der Waals surface area contributed by atoms with Gasteiger partial charge in [0.05, 0.1) is 19.0 Å². The topological polar surface area (TPSA) is 319 Å². The lowest BCUT2D eigenvalue weighted by Gasteiger charge is -2.44. The summed E-state index contributed by atoms with van der Waals surface area (Å²) in [7, 11) is -10.2. The number of carbonyl (C=O) groups excluding carboxylic acids is 4. The van der Waals surface area contributed by atoms with E-state index in [0.29, 0.717) is 24.3 Å². The van der Waals surface area contributed by atoms with Crippen LogP contribution in [0.3, 0.4) is 0 Å². The number of fused-ring (bicyclic) bond motifs is 1. The molecule has 5 heterocycles. The van der Waals surface area contributed by atoms with Crippen LogP contribution in [0.2, 0.25) is 0 Å². The predicted molar refractivity (Wildman–Crippen MR) is 184 cm³/mol. The van der Waals surface area contributed by atoms with Gasteiger partial charge in [0, 0.05) is 34.4 Å². The van der Waals surface area contributed by atoms with Gasteiger partial charge in [0.15, 0.2) is 36.0 Å². The van der Waals surface area contributed by atoms with Crippen LogP contribution in [0.1, 0.15) is 46.8 Å². The first-order valence-corrected chi connectivity index (χ1v) is 20.7. The summed E-state index contributed by atoms with van der Waals surface area (Å²) in [6.07, 6.45) is -10.5. The summed E-state index contributed by atoms with van der Waals surface area (Å²) in [4.78, 5) is 72.9. The van der Waals surface area contributed by atoms with Crippen molar-refractivity contribution in [1.29, 1.82) is 0 Å². The second-order valence-electron chi connectivity index (χ2n) is 13.2. The normalized spacial score (nSPS) is 30.9. The number of likely N-dealkylation sites (tertiary alicyclic amines) is 1. The van der Waals surface area contributed by atoms with Crippen molar-refractivity contribution in [2.75, 3.05) is 38.7 Å². The quantitative estimate of drug-likeness (QED) is 0.100. The molecule has 26 heteroatoms. The molecule has 3 saturated heterocycles. The maximum absolute atomic E-state index is 13.5. The van der Waals surface area contributed by atoms with Crippen molar-refractivity contribution >= 4 is 56.3 Å². The SMILES string of the molecule is CC(=O)OC[C@H](OC(C)=O)C1OC(OP(=O)(O)OP(C)(=O)OC[C@H]2O[C@@H](n3cnc4c(N)ncnc43)[C@H](N3CCCC3)[C@@H]2O)C(OC(C)=O)C(O)C1OC(C)=O. The summed E-state index contributed by atoms with van der Waals surface area (Å²) in [6, 6.07) is -0.655. The minimum Gasteiger partial charge on any atom is -0.462 e. The van der Waals surface area contributed by atoms with Gasteiger partial charge in [-0.2, -0.15) is 0 Å². The molecule has 2 aromatic heterocycles. The molecular formula is C30H44N6O18P2. The highest BCUT2D eigenvalue weighted by Gasteiger charge is 2.56. The van der Waals surface area contributed by atoms with Crippen molar-refractivity contribution in [3.05, 3.63) is 12.7 Å². The zero-order chi connectivity index (χ0) is 41.1. The van der Waals surface area contributed by atoms with Gasteiger partial charge in [-0.25, -0.2) is 23.8 Å². The largest absolute Gasteiger partial charge is 0.481 e. The fourth-order valence-corrected chi connectivity index (χ4v) is 9.34. The average molecular weight is 839 g/mol. The Balaban J connectivity index is 1.33. The van der Waals surface area contributed by atoms with Gasteiger partial charge in [0.1, 0.15) is 42.9 Å². The number of phosphoric acid groups is 1. The minimum atomic E-state index is -5.61. The molecular weight excluding hydrogens is 794 g/mol. The number of hydrogen-bond acceptors (Lipinski definition) is 22. The van der Waals surface area contributed by atoms with Crippen molar-refractivity contribution in [1.82, 2.24) is 24.4 Å². The van der Waals surface area contributed by atoms with E-state index in [9.17, 15) is 43.4 Å². The molecule has 0 saturated carbocycles. The highest BCUT2D eigenvalue weighted by molar-refractivity contribution is 7.64. The van der Waals surface area contributed by atoms with Gasteiger partial charge in [-0.1, -0.05) is 0 Å². The van der Waals surface area contributed by atoms with Gasteiger partial charge >= 0.3 is 39.3 Å². The number of nitrogens with zero attached hydrogens (tertiary/aromatic N) is 5. The van der Waals surface area contributed by atoms with Crippen LogP contribution in [-0.2, 0) is 70.1 Å². The highest BCUT2D eigenvalue weighted by atomic mass is 31.3. The van der Waals surface area contributed by atoms with Crippen LogP contribution >= 0.6 is 15.4 Å². The van der Waals surface area contributed by atoms with Crippen LogP contribution in [0, 0.1) is 0 Å². The Kier molecular flexibility index (Phi) is 13.9. The summed E-state index contributed by atoms with van der Waals surface area (Å²) in [5.41, 5.74) is 6.60. The molecule has 0 radical (unpaired) electrons. The van der Waals surface area contributed by atoms with Crippen LogP contribution in [0.15, 0.2) is 12.7 Å². The van der Waals surface area contributed by atoms with Crippen LogP contribution in [-0.4, -0.2) is 151 Å². The third-order valence-corrected chi connectivity index (χ3v) is 11.9. The van der Waals surface area contributed by atoms with Gasteiger partial charge in [-0.05, 0) is 25.9 Å². The number of nitrogen functional groups attached to an aromatic ring is 1. The van der Waals surface area contributed by atoms with E-state index in [2.05, 4.69) is 15.0 Å². The molecule has 3 fully saturated rings. The van der Waals surface area contributed by atoms with E-state index < -0.39 is 114 Å². The fourth-order valence-electron chi connectivity index (χ4n) is 6.65. The van der Waals surface area contributed by atoms with Crippen molar-refractivity contribution in [2.45, 2.75) is 102 Å². The number of aromatic nitrogens is 4. The summed E-state index contributed by atoms with van der Waals surface area (Å²) < 4.78 is 76.3. The molecule has 12 atom stereocenters. The second kappa shape index (κ2) is 17.9. The minimum absolute atomic E-state index is 0.128. The maximum Gasteiger partial charge on any atom is 0.481 e. The molecule has 24 nitrogen and oxygen atoms in total. The molecule has 56 heavy (non-hydrogen) atoms. The average Bonchev–Trinajstić information content (AvgIpc) is 3.83. The molecule has 3 aliphatic heterocycles. The number of rotatable bonds is 15. The number of hydrogen-bond donors (Lipinski definition) is 4. The van der Waals surface area contributed by atoms with Gasteiger partial charge in [0.25, 0.3) is 0 Å². The monoisotopic (exact) mass is 838 g/mol. The molecule has 0 spiro atoms. The number of ether oxygens (including phenoxy) is 6. The van der Waals surface area contributed by atoms with Gasteiger partial charge < -0.3 is 53.8 Å². The molecule has 312 valence electrons. The number of esters is 4. The van der Waals surface area contributed by atoms with Gasteiger partial charge in [-0.15, -0.1) is 0 Å². The Bertz CT molecular complexity index is 1860. The summed E-state index contributed by atoms with van der Waals surface area (Å²) in [5.74, 6) is -3.67. The number of imidazole rings is 1. The molecule has 0 aromatic carbocycles. The van der Waals surface area contributed by atoms with Crippen molar-refractivity contribution in [3.63, 3.8) is 0 Å². The Labute approximate surface area is 318 Å². The van der Waals surface area contributed by atoms with E-state index in [1.807, 2.05) is 4.90 Å². The maximum atomic E-state index is 13.5. The number of aliphatic hydroxyl groups is 2. The number of carbonyl (C=O) groups is 4. The van der Waals surface area contributed by atoms with E-state index >= 15 is 0 Å². The van der Waals surface area contributed by atoms with Crippen molar-refractivity contribution in [2.24, 2.45) is 0 Å². The lowest BCUT2D eigenvalue weighted by molar-refractivity contribution is -0.299. The Morgan fingerprint density at radius 3 is 2.23 bits per heavy atom. The molecule has 7 unspecified atom stereocenters. The Hall–Kier alpha value is -3.67. The van der Waals surface area contributed by atoms with Crippen LogP contribution < -0.4 is 5.73 Å². The van der Waals surface area contributed by atoms with E-state index in [1.165, 1.54) is 12.7 Å². The summed E-state index contributed by atoms with van der Waals surface area (Å²) in [5, 5.41) is 22.7. The number of phosphoric ester groups is 1. The Morgan fingerprint density at radius 2 is 1.61 bits per heavy atom. The number of aliphatic hydroxyl groups excluding tert-OH is 2. The molecule has 0 bridgehead atoms. The zero-order valence-electron chi connectivity index (χ0n) is 30.8. The summed E-state index contributed by atoms with van der Waals surface area (Å²) in [6.45, 7) is 4.66. The molecule has 5 N–H and O–H groups in total.